The van der Waals surface area contributed by atoms with Gasteiger partial charge in [0.05, 0.1) is 24.0 Å². The molecule has 1 aromatic rings. The van der Waals surface area contributed by atoms with Gasteiger partial charge in [0.2, 0.25) is 11.8 Å². The number of phenols is 1. The minimum Gasteiger partial charge on any atom is -0.503 e. The van der Waals surface area contributed by atoms with Crippen LogP contribution < -0.4 is 4.74 Å². The number of nitrogens with zero attached hydrogens (tertiary/aromatic N) is 2. The van der Waals surface area contributed by atoms with E-state index < -0.39 is 63.0 Å². The summed E-state index contributed by atoms with van der Waals surface area (Å²) in [6.07, 6.45) is 1.69. The van der Waals surface area contributed by atoms with Gasteiger partial charge in [-0.05, 0) is 42.9 Å². The summed E-state index contributed by atoms with van der Waals surface area (Å²) in [7, 11) is 2.61. The van der Waals surface area contributed by atoms with E-state index in [9.17, 15) is 29.1 Å². The lowest BCUT2D eigenvalue weighted by atomic mass is 9.56. The number of hydrogen-bond acceptors (Lipinski definition) is 7. The smallest absolute Gasteiger partial charge is 0.303 e. The number of hydrogen-bond donors (Lipinski definition) is 2. The average molecular weight is 600 g/mol. The molecule has 4 aliphatic rings. The number of methoxy groups -OCH3 is 1. The van der Waals surface area contributed by atoms with E-state index in [1.165, 1.54) is 26.3 Å². The first-order chi connectivity index (χ1) is 18.3. The summed E-state index contributed by atoms with van der Waals surface area (Å²) in [6, 6.07) is 2.87. The van der Waals surface area contributed by atoms with E-state index in [0.29, 0.717) is 11.1 Å². The quantitative estimate of drug-likeness (QED) is 0.289. The molecule has 6 atom stereocenters. The summed E-state index contributed by atoms with van der Waals surface area (Å²) in [4.78, 5) is 62.9. The van der Waals surface area contributed by atoms with Crippen molar-refractivity contribution in [2.24, 2.45) is 17.8 Å². The van der Waals surface area contributed by atoms with Crippen LogP contribution in [0.4, 0.5) is 0 Å². The molecule has 4 amide bonds. The third kappa shape index (κ3) is 3.71. The molecule has 3 fully saturated rings. The topological polar surface area (TPSA) is 142 Å². The van der Waals surface area contributed by atoms with Crippen LogP contribution >= 0.6 is 34.8 Å². The first-order valence-electron chi connectivity index (χ1n) is 12.3. The van der Waals surface area contributed by atoms with Crippen LogP contribution in [0.15, 0.2) is 23.8 Å². The standard InChI is InChI=1S/C26H25Cl3N2O8/c1-30-23(37)25(28)10-14-12(5-6-13-18(14)22(36)31(21(13)35)7-3-4-17(32)33)19(26(25,29)24(30)38)11-8-15(27)20(34)16(9-11)39-2/h5,8-9,13-14,18-19,34H,3-4,6-7,10H2,1-2H3,(H,32,33)/t13-,14+,18-,19-,25+,26-/m0/s1. The molecule has 1 aromatic carbocycles. The van der Waals surface area contributed by atoms with Crippen molar-refractivity contribution in [2.45, 2.75) is 41.3 Å². The normalized spacial score (nSPS) is 33.6. The molecule has 0 unspecified atom stereocenters. The average Bonchev–Trinajstić information content (AvgIpc) is 3.20. The molecule has 2 N–H and O–H groups in total. The SMILES string of the molecule is COc1cc([C@H]2C3=CC[C@@H]4C(=O)N(CCCC(=O)O)C(=O)[C@@H]4[C@@H]3C[C@@]3(Cl)C(=O)N(C)C(=O)[C@@]23Cl)cc(Cl)c1O. The van der Waals surface area contributed by atoms with Gasteiger partial charge in [0.15, 0.2) is 21.2 Å². The monoisotopic (exact) mass is 598 g/mol. The van der Waals surface area contributed by atoms with Crippen molar-refractivity contribution in [2.75, 3.05) is 20.7 Å². The number of carbonyl (C=O) groups is 5. The fraction of sp³-hybridized carbons (Fsp3) is 0.500. The Kier molecular flexibility index (Phi) is 6.67. The maximum Gasteiger partial charge on any atom is 0.303 e. The van der Waals surface area contributed by atoms with E-state index in [-0.39, 0.29) is 48.7 Å². The summed E-state index contributed by atoms with van der Waals surface area (Å²) in [5.74, 6) is -7.03. The second-order valence-corrected chi connectivity index (χ2v) is 12.0. The van der Waals surface area contributed by atoms with Gasteiger partial charge < -0.3 is 14.9 Å². The second kappa shape index (κ2) is 9.38. The largest absolute Gasteiger partial charge is 0.503 e. The number of rotatable bonds is 6. The number of carbonyl (C=O) groups excluding carboxylic acids is 4. The molecule has 208 valence electrons. The van der Waals surface area contributed by atoms with Gasteiger partial charge in [-0.1, -0.05) is 23.3 Å². The molecule has 2 heterocycles. The summed E-state index contributed by atoms with van der Waals surface area (Å²) in [6.45, 7) is -0.0428. The van der Waals surface area contributed by atoms with E-state index in [0.717, 1.165) is 9.80 Å². The predicted octanol–water partition coefficient (Wildman–Crippen LogP) is 2.91. The van der Waals surface area contributed by atoms with E-state index >= 15 is 0 Å². The summed E-state index contributed by atoms with van der Waals surface area (Å²) >= 11 is 20.5. The second-order valence-electron chi connectivity index (χ2n) is 10.4. The number of benzene rings is 1. The van der Waals surface area contributed by atoms with E-state index in [4.69, 9.17) is 44.6 Å². The highest BCUT2D eigenvalue weighted by molar-refractivity contribution is 6.53. The molecular formula is C26H25Cl3N2O8. The van der Waals surface area contributed by atoms with Gasteiger partial charge in [-0.2, -0.15) is 0 Å². The van der Waals surface area contributed by atoms with E-state index in [1.807, 2.05) is 0 Å². The number of carboxylic acids is 1. The van der Waals surface area contributed by atoms with Crippen molar-refractivity contribution >= 4 is 64.4 Å². The molecule has 0 spiro atoms. The minimum absolute atomic E-state index is 0.0104. The Hall–Kier alpha value is -2.82. The van der Waals surface area contributed by atoms with Crippen LogP contribution in [0.2, 0.25) is 5.02 Å². The van der Waals surface area contributed by atoms with Gasteiger partial charge in [0.25, 0.3) is 11.8 Å². The Labute approximate surface area is 238 Å². The van der Waals surface area contributed by atoms with Crippen molar-refractivity contribution in [1.82, 2.24) is 9.80 Å². The zero-order chi connectivity index (χ0) is 28.6. The highest BCUT2D eigenvalue weighted by Crippen LogP contribution is 2.65. The molecule has 1 saturated carbocycles. The first-order valence-corrected chi connectivity index (χ1v) is 13.5. The van der Waals surface area contributed by atoms with E-state index in [2.05, 4.69) is 0 Å². The van der Waals surface area contributed by atoms with Crippen molar-refractivity contribution in [1.29, 1.82) is 0 Å². The highest BCUT2D eigenvalue weighted by atomic mass is 35.5. The zero-order valence-corrected chi connectivity index (χ0v) is 23.2. The Morgan fingerprint density at radius 2 is 1.82 bits per heavy atom. The van der Waals surface area contributed by atoms with Crippen molar-refractivity contribution in [3.63, 3.8) is 0 Å². The number of imide groups is 2. The Balaban J connectivity index is 1.65. The number of amides is 4. The fourth-order valence-corrected chi connectivity index (χ4v) is 7.95. The van der Waals surface area contributed by atoms with Crippen molar-refractivity contribution in [3.8, 4) is 11.5 Å². The van der Waals surface area contributed by atoms with E-state index in [1.54, 1.807) is 6.08 Å². The van der Waals surface area contributed by atoms with Crippen LogP contribution in [-0.4, -0.2) is 80.1 Å². The number of aromatic hydroxyl groups is 1. The van der Waals surface area contributed by atoms with Gasteiger partial charge in [-0.25, -0.2) is 0 Å². The molecule has 10 nitrogen and oxygen atoms in total. The van der Waals surface area contributed by atoms with Gasteiger partial charge >= 0.3 is 5.97 Å². The maximum absolute atomic E-state index is 13.6. The van der Waals surface area contributed by atoms with Gasteiger partial charge in [-0.3, -0.25) is 33.8 Å². The molecule has 0 bridgehead atoms. The van der Waals surface area contributed by atoms with Crippen LogP contribution in [0.1, 0.15) is 37.2 Å². The van der Waals surface area contributed by atoms with Crippen LogP contribution in [0.3, 0.4) is 0 Å². The number of alkyl halides is 2. The molecule has 39 heavy (non-hydrogen) atoms. The molecular weight excluding hydrogens is 575 g/mol. The number of phenolic OH excluding ortho intramolecular Hbond substituents is 1. The molecule has 2 aliphatic heterocycles. The van der Waals surface area contributed by atoms with Crippen LogP contribution in [0, 0.1) is 17.8 Å². The molecule has 5 rings (SSSR count). The number of aliphatic carboxylic acids is 1. The first kappa shape index (κ1) is 27.7. The Morgan fingerprint density at radius 3 is 2.46 bits per heavy atom. The molecule has 2 aliphatic carbocycles. The predicted molar refractivity (Wildman–Crippen MR) is 139 cm³/mol. The van der Waals surface area contributed by atoms with Gasteiger partial charge in [0, 0.05) is 25.9 Å². The highest BCUT2D eigenvalue weighted by Gasteiger charge is 2.75. The van der Waals surface area contributed by atoms with Gasteiger partial charge in [-0.15, -0.1) is 23.2 Å². The summed E-state index contributed by atoms with van der Waals surface area (Å²) in [5.41, 5.74) is 0.909. The number of likely N-dealkylation sites (tertiary alicyclic amines) is 2. The Morgan fingerprint density at radius 1 is 1.13 bits per heavy atom. The molecule has 13 heteroatoms. The number of allylic oxidation sites excluding steroid dienone is 2. The van der Waals surface area contributed by atoms with Crippen molar-refractivity contribution < 1.29 is 38.9 Å². The lowest BCUT2D eigenvalue weighted by molar-refractivity contribution is -0.142. The lowest BCUT2D eigenvalue weighted by Crippen LogP contribution is -2.60. The molecule has 2 saturated heterocycles. The van der Waals surface area contributed by atoms with Crippen LogP contribution in [-0.2, 0) is 24.0 Å². The number of ether oxygens (including phenoxy) is 1. The number of carboxylic acid groups (broad SMARTS) is 1. The molecule has 0 radical (unpaired) electrons. The Bertz CT molecular complexity index is 1360. The summed E-state index contributed by atoms with van der Waals surface area (Å²) in [5, 5.41) is 19.2. The molecule has 0 aromatic heterocycles. The number of halogens is 3. The third-order valence-corrected chi connectivity index (χ3v) is 10.2. The van der Waals surface area contributed by atoms with Crippen molar-refractivity contribution in [3.05, 3.63) is 34.4 Å². The third-order valence-electron chi connectivity index (χ3n) is 8.48. The maximum atomic E-state index is 13.6. The van der Waals surface area contributed by atoms with Crippen LogP contribution in [0.25, 0.3) is 0 Å². The summed E-state index contributed by atoms with van der Waals surface area (Å²) < 4.78 is 5.26. The van der Waals surface area contributed by atoms with Crippen LogP contribution in [0.5, 0.6) is 11.5 Å². The number of fused-ring (bicyclic) bond motifs is 4. The minimum atomic E-state index is -1.99. The van der Waals surface area contributed by atoms with Gasteiger partial charge in [0.1, 0.15) is 0 Å². The fourth-order valence-electron chi connectivity index (χ4n) is 6.71. The zero-order valence-electron chi connectivity index (χ0n) is 20.9. The lowest BCUT2D eigenvalue weighted by Gasteiger charge is -2.50.